The van der Waals surface area contributed by atoms with Crippen LogP contribution in [0.15, 0.2) is 67.0 Å². The Morgan fingerprint density at radius 3 is 2.48 bits per heavy atom. The highest BCUT2D eigenvalue weighted by Crippen LogP contribution is 2.37. The lowest BCUT2D eigenvalue weighted by atomic mass is 9.83. The number of rotatable bonds is 7. The zero-order chi connectivity index (χ0) is 28.5. The van der Waals surface area contributed by atoms with E-state index in [1.807, 2.05) is 24.3 Å². The van der Waals surface area contributed by atoms with Crippen LogP contribution in [0.2, 0.25) is 0 Å². The Labute approximate surface area is 244 Å². The molecule has 0 spiro atoms. The standard InChI is InChI=1S/C32H32N10/c33-19-29-35-16-12-28(40-29)37-23-13-17-41(18-14-23)20-21-6-8-24(9-7-21)42-31(25-5-2-15-36-30(25)34)39-27-11-10-26(38-32(27)42)22-3-1-4-22/h2,5-12,15-16,22-23H,1,3-4,13-14,17-18,20H2,(H2,34,36)(H,35,37,40). The van der Waals surface area contributed by atoms with Crippen LogP contribution in [-0.4, -0.2) is 53.5 Å². The topological polar surface area (TPSA) is 134 Å². The van der Waals surface area contributed by atoms with E-state index in [1.165, 1.54) is 24.8 Å². The molecule has 1 saturated heterocycles. The second kappa shape index (κ2) is 11.2. The first kappa shape index (κ1) is 26.0. The van der Waals surface area contributed by atoms with E-state index in [0.717, 1.165) is 66.4 Å². The van der Waals surface area contributed by atoms with E-state index in [-0.39, 0.29) is 5.82 Å². The van der Waals surface area contributed by atoms with E-state index in [2.05, 4.69) is 66.1 Å². The number of pyridine rings is 2. The largest absolute Gasteiger partial charge is 0.383 e. The quantitative estimate of drug-likeness (QED) is 0.282. The number of anilines is 2. The Kier molecular flexibility index (Phi) is 6.93. The normalized spacial score (nSPS) is 16.3. The minimum atomic E-state index is 0.190. The highest BCUT2D eigenvalue weighted by molar-refractivity contribution is 5.83. The van der Waals surface area contributed by atoms with Crippen molar-refractivity contribution in [2.75, 3.05) is 24.1 Å². The van der Waals surface area contributed by atoms with Gasteiger partial charge in [-0.3, -0.25) is 9.47 Å². The lowest BCUT2D eigenvalue weighted by Crippen LogP contribution is -2.38. The molecule has 1 aliphatic carbocycles. The molecule has 0 atom stereocenters. The lowest BCUT2D eigenvalue weighted by molar-refractivity contribution is 0.211. The van der Waals surface area contributed by atoms with Gasteiger partial charge in [0.25, 0.3) is 0 Å². The number of nitriles is 1. The van der Waals surface area contributed by atoms with Crippen molar-refractivity contribution in [2.24, 2.45) is 0 Å². The smallest absolute Gasteiger partial charge is 0.234 e. The van der Waals surface area contributed by atoms with Gasteiger partial charge in [-0.25, -0.2) is 24.9 Å². The first-order chi connectivity index (χ1) is 20.6. The third-order valence-corrected chi connectivity index (χ3v) is 8.42. The molecule has 0 bridgehead atoms. The van der Waals surface area contributed by atoms with E-state index >= 15 is 0 Å². The summed E-state index contributed by atoms with van der Waals surface area (Å²) < 4.78 is 2.12. The second-order valence-electron chi connectivity index (χ2n) is 11.2. The summed E-state index contributed by atoms with van der Waals surface area (Å²) in [7, 11) is 0. The van der Waals surface area contributed by atoms with Crippen molar-refractivity contribution in [3.05, 3.63) is 84.1 Å². The van der Waals surface area contributed by atoms with Gasteiger partial charge in [0.15, 0.2) is 11.5 Å². The number of hydrogen-bond donors (Lipinski definition) is 2. The molecule has 10 heteroatoms. The molecule has 0 radical (unpaired) electrons. The summed E-state index contributed by atoms with van der Waals surface area (Å²) in [4.78, 5) is 25.1. The van der Waals surface area contributed by atoms with Crippen LogP contribution < -0.4 is 11.1 Å². The van der Waals surface area contributed by atoms with Gasteiger partial charge in [-0.15, -0.1) is 0 Å². The molecule has 10 nitrogen and oxygen atoms in total. The molecule has 2 aliphatic rings. The van der Waals surface area contributed by atoms with Gasteiger partial charge < -0.3 is 11.1 Å². The van der Waals surface area contributed by atoms with Crippen LogP contribution in [0, 0.1) is 11.3 Å². The van der Waals surface area contributed by atoms with Gasteiger partial charge >= 0.3 is 0 Å². The maximum atomic E-state index is 9.05. The predicted molar refractivity (Wildman–Crippen MR) is 162 cm³/mol. The van der Waals surface area contributed by atoms with Gasteiger partial charge in [-0.1, -0.05) is 18.6 Å². The fourth-order valence-corrected chi connectivity index (χ4v) is 5.88. The Morgan fingerprint density at radius 2 is 1.74 bits per heavy atom. The van der Waals surface area contributed by atoms with E-state index in [0.29, 0.717) is 23.6 Å². The SMILES string of the molecule is N#Cc1nccc(NC2CCN(Cc3ccc(-n4c(-c5cccnc5N)nc5ccc(C6CCC6)nc54)cc3)CC2)n1. The molecule has 42 heavy (non-hydrogen) atoms. The van der Waals surface area contributed by atoms with Crippen LogP contribution in [0.25, 0.3) is 28.2 Å². The molecule has 0 amide bonds. The molecular formula is C32H32N10. The molecule has 7 rings (SSSR count). The number of nitrogens with one attached hydrogen (secondary N) is 1. The molecule has 5 aromatic rings. The number of nitrogens with two attached hydrogens (primary N) is 1. The van der Waals surface area contributed by atoms with E-state index in [9.17, 15) is 0 Å². The Balaban J connectivity index is 1.10. The van der Waals surface area contributed by atoms with Crippen molar-refractivity contribution in [3.63, 3.8) is 0 Å². The number of imidazole rings is 1. The van der Waals surface area contributed by atoms with Gasteiger partial charge in [0.05, 0.1) is 5.56 Å². The molecule has 1 saturated carbocycles. The first-order valence-electron chi connectivity index (χ1n) is 14.6. The van der Waals surface area contributed by atoms with Crippen molar-refractivity contribution in [1.82, 2.24) is 34.4 Å². The highest BCUT2D eigenvalue weighted by atomic mass is 15.2. The minimum absolute atomic E-state index is 0.190. The van der Waals surface area contributed by atoms with Crippen molar-refractivity contribution in [1.29, 1.82) is 5.26 Å². The summed E-state index contributed by atoms with van der Waals surface area (Å²) in [6, 6.07) is 20.9. The van der Waals surface area contributed by atoms with Crippen LogP contribution in [0.3, 0.4) is 0 Å². The zero-order valence-corrected chi connectivity index (χ0v) is 23.3. The summed E-state index contributed by atoms with van der Waals surface area (Å²) in [5.41, 5.74) is 12.2. The highest BCUT2D eigenvalue weighted by Gasteiger charge is 2.24. The molecule has 210 valence electrons. The number of benzene rings is 1. The van der Waals surface area contributed by atoms with Gasteiger partial charge in [0.2, 0.25) is 5.82 Å². The van der Waals surface area contributed by atoms with Crippen molar-refractivity contribution in [2.45, 2.75) is 50.6 Å². The van der Waals surface area contributed by atoms with Gasteiger partial charge in [0, 0.05) is 55.4 Å². The molecule has 0 unspecified atom stereocenters. The van der Waals surface area contributed by atoms with Crippen molar-refractivity contribution >= 4 is 22.8 Å². The number of aromatic nitrogens is 6. The number of piperidine rings is 1. The zero-order valence-electron chi connectivity index (χ0n) is 23.3. The third-order valence-electron chi connectivity index (χ3n) is 8.42. The van der Waals surface area contributed by atoms with Gasteiger partial charge in [-0.05, 0) is 73.7 Å². The second-order valence-corrected chi connectivity index (χ2v) is 11.2. The average molecular weight is 557 g/mol. The molecule has 2 fully saturated rings. The Bertz CT molecular complexity index is 1760. The summed E-state index contributed by atoms with van der Waals surface area (Å²) in [6.07, 6.45) is 9.00. The van der Waals surface area contributed by atoms with Gasteiger partial charge in [-0.2, -0.15) is 5.26 Å². The number of likely N-dealkylation sites (tertiary alicyclic amines) is 1. The maximum absolute atomic E-state index is 9.05. The number of nitrogen functional groups attached to an aromatic ring is 1. The monoisotopic (exact) mass is 556 g/mol. The van der Waals surface area contributed by atoms with Crippen LogP contribution in [0.4, 0.5) is 11.6 Å². The summed E-state index contributed by atoms with van der Waals surface area (Å²) in [5, 5.41) is 12.5. The molecule has 1 aromatic carbocycles. The van der Waals surface area contributed by atoms with Crippen LogP contribution in [-0.2, 0) is 6.54 Å². The summed E-state index contributed by atoms with van der Waals surface area (Å²) >= 11 is 0. The Morgan fingerprint density at radius 1 is 0.905 bits per heavy atom. The third kappa shape index (κ3) is 5.15. The molecule has 5 heterocycles. The predicted octanol–water partition coefficient (Wildman–Crippen LogP) is 5.07. The van der Waals surface area contributed by atoms with E-state index in [4.69, 9.17) is 21.0 Å². The lowest BCUT2D eigenvalue weighted by Gasteiger charge is -2.32. The summed E-state index contributed by atoms with van der Waals surface area (Å²) in [5.74, 6) is 2.64. The van der Waals surface area contributed by atoms with E-state index < -0.39 is 0 Å². The molecule has 4 aromatic heterocycles. The fourth-order valence-electron chi connectivity index (χ4n) is 5.88. The minimum Gasteiger partial charge on any atom is -0.383 e. The van der Waals surface area contributed by atoms with Crippen LogP contribution in [0.1, 0.15) is 55.1 Å². The summed E-state index contributed by atoms with van der Waals surface area (Å²) in [6.45, 7) is 2.86. The maximum Gasteiger partial charge on any atom is 0.234 e. The number of hydrogen-bond acceptors (Lipinski definition) is 9. The number of fused-ring (bicyclic) bond motifs is 1. The average Bonchev–Trinajstić information content (AvgIpc) is 3.37. The number of nitrogens with zero attached hydrogens (tertiary/aromatic N) is 8. The van der Waals surface area contributed by atoms with Gasteiger partial charge in [0.1, 0.15) is 23.2 Å². The first-order valence-corrected chi connectivity index (χ1v) is 14.6. The molecule has 1 aliphatic heterocycles. The Hall–Kier alpha value is -4.88. The molecular weight excluding hydrogens is 524 g/mol. The van der Waals surface area contributed by atoms with Crippen molar-refractivity contribution < 1.29 is 0 Å². The molecule has 3 N–H and O–H groups in total. The van der Waals surface area contributed by atoms with Crippen LogP contribution >= 0.6 is 0 Å². The fraction of sp³-hybridized carbons (Fsp3) is 0.312. The van der Waals surface area contributed by atoms with Crippen molar-refractivity contribution in [3.8, 4) is 23.1 Å². The van der Waals surface area contributed by atoms with Crippen LogP contribution in [0.5, 0.6) is 0 Å². The van der Waals surface area contributed by atoms with E-state index in [1.54, 1.807) is 12.4 Å².